The van der Waals surface area contributed by atoms with Gasteiger partial charge in [0.2, 0.25) is 0 Å². The SMILES string of the molecule is CCOc1cc(/C=C/C(=O)OCC(=O)Nc2cccnc2Cl)ccc1OC. The van der Waals surface area contributed by atoms with Gasteiger partial charge in [-0.3, -0.25) is 4.79 Å². The van der Waals surface area contributed by atoms with E-state index < -0.39 is 18.5 Å². The lowest BCUT2D eigenvalue weighted by molar-refractivity contribution is -0.142. The Hall–Kier alpha value is -3.06. The molecule has 0 aliphatic rings. The van der Waals surface area contributed by atoms with Crippen molar-refractivity contribution in [3.8, 4) is 11.5 Å². The number of amides is 1. The first-order valence-electron chi connectivity index (χ1n) is 8.09. The zero-order chi connectivity index (χ0) is 19.6. The number of aromatic nitrogens is 1. The summed E-state index contributed by atoms with van der Waals surface area (Å²) < 4.78 is 15.6. The highest BCUT2D eigenvalue weighted by Gasteiger charge is 2.09. The molecule has 1 aromatic heterocycles. The van der Waals surface area contributed by atoms with Crippen LogP contribution in [0, 0.1) is 0 Å². The average Bonchev–Trinajstić information content (AvgIpc) is 2.67. The zero-order valence-corrected chi connectivity index (χ0v) is 15.7. The fraction of sp³-hybridized carbons (Fsp3) is 0.211. The Kier molecular flexibility index (Phi) is 7.63. The summed E-state index contributed by atoms with van der Waals surface area (Å²) in [6, 6.07) is 8.46. The van der Waals surface area contributed by atoms with Crippen molar-refractivity contribution in [1.82, 2.24) is 4.98 Å². The lowest BCUT2D eigenvalue weighted by Crippen LogP contribution is -2.20. The predicted octanol–water partition coefficient (Wildman–Crippen LogP) is 3.34. The molecular weight excluding hydrogens is 372 g/mol. The molecule has 142 valence electrons. The normalized spacial score (nSPS) is 10.5. The fourth-order valence-electron chi connectivity index (χ4n) is 2.08. The molecule has 0 unspecified atom stereocenters. The molecule has 0 aliphatic carbocycles. The van der Waals surface area contributed by atoms with E-state index in [1.165, 1.54) is 12.3 Å². The van der Waals surface area contributed by atoms with Gasteiger partial charge in [0.05, 0.1) is 19.4 Å². The smallest absolute Gasteiger partial charge is 0.331 e. The first-order chi connectivity index (χ1) is 13.0. The molecule has 27 heavy (non-hydrogen) atoms. The fourth-order valence-corrected chi connectivity index (χ4v) is 2.25. The van der Waals surface area contributed by atoms with Gasteiger partial charge in [-0.25, -0.2) is 9.78 Å². The molecule has 0 aliphatic heterocycles. The molecule has 1 heterocycles. The minimum atomic E-state index is -0.656. The number of ether oxygens (including phenoxy) is 3. The highest BCUT2D eigenvalue weighted by atomic mass is 35.5. The summed E-state index contributed by atoms with van der Waals surface area (Å²) in [6.07, 6.45) is 4.28. The summed E-state index contributed by atoms with van der Waals surface area (Å²) >= 11 is 5.84. The minimum Gasteiger partial charge on any atom is -0.493 e. The summed E-state index contributed by atoms with van der Waals surface area (Å²) in [6.45, 7) is 1.91. The van der Waals surface area contributed by atoms with Crippen molar-refractivity contribution in [2.45, 2.75) is 6.92 Å². The lowest BCUT2D eigenvalue weighted by atomic mass is 10.2. The molecule has 1 aromatic carbocycles. The molecule has 0 saturated heterocycles. The van der Waals surface area contributed by atoms with Gasteiger partial charge in [-0.2, -0.15) is 0 Å². The maximum atomic E-state index is 11.8. The van der Waals surface area contributed by atoms with Gasteiger partial charge in [-0.05, 0) is 42.8 Å². The van der Waals surface area contributed by atoms with Crippen molar-refractivity contribution in [3.05, 3.63) is 53.3 Å². The van der Waals surface area contributed by atoms with E-state index in [4.69, 9.17) is 25.8 Å². The third-order valence-corrected chi connectivity index (χ3v) is 3.58. The third-order valence-electron chi connectivity index (χ3n) is 3.28. The molecule has 0 fully saturated rings. The van der Waals surface area contributed by atoms with E-state index in [1.54, 1.807) is 43.5 Å². The number of nitrogens with one attached hydrogen (secondary N) is 1. The number of rotatable bonds is 8. The number of esters is 1. The standard InChI is InChI=1S/C19H19ClN2O5/c1-3-26-16-11-13(6-8-15(16)25-2)7-9-18(24)27-12-17(23)22-14-5-4-10-21-19(14)20/h4-11H,3,12H2,1-2H3,(H,22,23)/b9-7+. The van der Waals surface area contributed by atoms with E-state index >= 15 is 0 Å². The van der Waals surface area contributed by atoms with Gasteiger partial charge in [0, 0.05) is 12.3 Å². The molecule has 2 aromatic rings. The zero-order valence-electron chi connectivity index (χ0n) is 14.9. The average molecular weight is 391 g/mol. The Morgan fingerprint density at radius 2 is 2.07 bits per heavy atom. The number of anilines is 1. The van der Waals surface area contributed by atoms with E-state index in [9.17, 15) is 9.59 Å². The predicted molar refractivity (Wildman–Crippen MR) is 102 cm³/mol. The number of carbonyl (C=O) groups is 2. The van der Waals surface area contributed by atoms with Crippen LogP contribution in [0.3, 0.4) is 0 Å². The lowest BCUT2D eigenvalue weighted by Gasteiger charge is -2.09. The van der Waals surface area contributed by atoms with Crippen LogP contribution in [0.2, 0.25) is 5.15 Å². The molecule has 0 radical (unpaired) electrons. The van der Waals surface area contributed by atoms with Crippen LogP contribution >= 0.6 is 11.6 Å². The molecule has 2 rings (SSSR count). The summed E-state index contributed by atoms with van der Waals surface area (Å²) in [5, 5.41) is 2.66. The maximum Gasteiger partial charge on any atom is 0.331 e. The summed E-state index contributed by atoms with van der Waals surface area (Å²) in [5.74, 6) is -0.00324. The van der Waals surface area contributed by atoms with Gasteiger partial charge >= 0.3 is 5.97 Å². The van der Waals surface area contributed by atoms with Gasteiger partial charge < -0.3 is 19.5 Å². The molecule has 1 N–H and O–H groups in total. The Bertz CT molecular complexity index is 839. The Morgan fingerprint density at radius 1 is 1.26 bits per heavy atom. The molecule has 7 nitrogen and oxygen atoms in total. The maximum absolute atomic E-state index is 11.8. The molecule has 0 atom stereocenters. The number of hydrogen-bond donors (Lipinski definition) is 1. The third kappa shape index (κ3) is 6.31. The Balaban J connectivity index is 1.89. The number of pyridine rings is 1. The van der Waals surface area contributed by atoms with E-state index in [0.29, 0.717) is 23.8 Å². The van der Waals surface area contributed by atoms with Crippen LogP contribution in [0.4, 0.5) is 5.69 Å². The van der Waals surface area contributed by atoms with Crippen LogP contribution in [-0.4, -0.2) is 37.2 Å². The first kappa shape index (κ1) is 20.3. The number of methoxy groups -OCH3 is 1. The van der Waals surface area contributed by atoms with Gasteiger partial charge in [-0.1, -0.05) is 17.7 Å². The van der Waals surface area contributed by atoms with Crippen LogP contribution in [0.5, 0.6) is 11.5 Å². The number of carbonyl (C=O) groups excluding carboxylic acids is 2. The number of benzene rings is 1. The van der Waals surface area contributed by atoms with Gasteiger partial charge in [-0.15, -0.1) is 0 Å². The van der Waals surface area contributed by atoms with E-state index in [-0.39, 0.29) is 5.15 Å². The number of hydrogen-bond acceptors (Lipinski definition) is 6. The largest absolute Gasteiger partial charge is 0.493 e. The van der Waals surface area contributed by atoms with Crippen molar-refractivity contribution in [2.75, 3.05) is 25.6 Å². The second-order valence-corrected chi connectivity index (χ2v) is 5.53. The van der Waals surface area contributed by atoms with Crippen molar-refractivity contribution < 1.29 is 23.8 Å². The summed E-state index contributed by atoms with van der Waals surface area (Å²) in [4.78, 5) is 27.4. The van der Waals surface area contributed by atoms with Crippen LogP contribution in [0.1, 0.15) is 12.5 Å². The van der Waals surface area contributed by atoms with Crippen molar-refractivity contribution >= 4 is 35.2 Å². The highest BCUT2D eigenvalue weighted by Crippen LogP contribution is 2.28. The first-order valence-corrected chi connectivity index (χ1v) is 8.47. The van der Waals surface area contributed by atoms with Gasteiger partial charge in [0.15, 0.2) is 23.3 Å². The summed E-state index contributed by atoms with van der Waals surface area (Å²) in [7, 11) is 1.55. The summed E-state index contributed by atoms with van der Waals surface area (Å²) in [5.41, 5.74) is 1.07. The second kappa shape index (κ2) is 10.2. The van der Waals surface area contributed by atoms with E-state index in [1.807, 2.05) is 6.92 Å². The number of nitrogens with zero attached hydrogens (tertiary/aromatic N) is 1. The van der Waals surface area contributed by atoms with Crippen molar-refractivity contribution in [1.29, 1.82) is 0 Å². The van der Waals surface area contributed by atoms with Gasteiger partial charge in [0.1, 0.15) is 0 Å². The van der Waals surface area contributed by atoms with E-state index in [0.717, 1.165) is 5.56 Å². The second-order valence-electron chi connectivity index (χ2n) is 5.17. The van der Waals surface area contributed by atoms with Crippen molar-refractivity contribution in [2.24, 2.45) is 0 Å². The quantitative estimate of drug-likeness (QED) is 0.422. The van der Waals surface area contributed by atoms with Crippen LogP contribution in [0.25, 0.3) is 6.08 Å². The molecule has 0 spiro atoms. The topological polar surface area (TPSA) is 86.8 Å². The van der Waals surface area contributed by atoms with Crippen molar-refractivity contribution in [3.63, 3.8) is 0 Å². The number of halogens is 1. The molecule has 0 bridgehead atoms. The van der Waals surface area contributed by atoms with Gasteiger partial charge in [0.25, 0.3) is 5.91 Å². The van der Waals surface area contributed by atoms with Crippen LogP contribution in [0.15, 0.2) is 42.6 Å². The molecular formula is C19H19ClN2O5. The molecule has 0 saturated carbocycles. The Morgan fingerprint density at radius 3 is 2.78 bits per heavy atom. The van der Waals surface area contributed by atoms with Crippen LogP contribution < -0.4 is 14.8 Å². The Labute approximate surface area is 161 Å². The monoisotopic (exact) mass is 390 g/mol. The minimum absolute atomic E-state index is 0.154. The molecule has 8 heteroatoms. The van der Waals surface area contributed by atoms with E-state index in [2.05, 4.69) is 10.3 Å². The van der Waals surface area contributed by atoms with Crippen LogP contribution in [-0.2, 0) is 14.3 Å². The molecule has 1 amide bonds. The highest BCUT2D eigenvalue weighted by molar-refractivity contribution is 6.32.